The van der Waals surface area contributed by atoms with Crippen LogP contribution in [0.2, 0.25) is 0 Å². The number of hydrogen-bond acceptors (Lipinski definition) is 5. The van der Waals surface area contributed by atoms with Crippen molar-refractivity contribution in [2.45, 2.75) is 39.8 Å². The van der Waals surface area contributed by atoms with Crippen LogP contribution in [0.25, 0.3) is 0 Å². The minimum atomic E-state index is -0.197. The molecule has 1 atom stereocenters. The van der Waals surface area contributed by atoms with E-state index in [4.69, 9.17) is 15.0 Å². The molecule has 0 spiro atoms. The van der Waals surface area contributed by atoms with E-state index in [1.807, 2.05) is 13.8 Å². The van der Waals surface area contributed by atoms with E-state index < -0.39 is 0 Å². The lowest BCUT2D eigenvalue weighted by Gasteiger charge is -2.09. The molecule has 0 saturated carbocycles. The first-order valence-corrected chi connectivity index (χ1v) is 5.31. The summed E-state index contributed by atoms with van der Waals surface area (Å²) in [6.07, 6.45) is 0.982. The number of nitrogens with two attached hydrogens (primary N) is 1. The van der Waals surface area contributed by atoms with Crippen molar-refractivity contribution in [3.8, 4) is 0 Å². The molecule has 0 unspecified atom stereocenters. The molecule has 5 nitrogen and oxygen atoms in total. The summed E-state index contributed by atoms with van der Waals surface area (Å²) in [5, 5.41) is 3.80. The maximum Gasteiger partial charge on any atom is 0.243 e. The fourth-order valence-electron chi connectivity index (χ4n) is 1.05. The van der Waals surface area contributed by atoms with Gasteiger partial charge in [-0.05, 0) is 12.3 Å². The average molecular weight is 213 g/mol. The normalized spacial score (nSPS) is 13.4. The standard InChI is InChI=1S/C10H19N3O2/c1-4-5-14-6-8-12-10(15-13-8)9(11)7(2)3/h7,9H,4-6,11H2,1-3H3/t9-/m1/s1. The van der Waals surface area contributed by atoms with Gasteiger partial charge in [0.05, 0.1) is 6.04 Å². The molecule has 0 bridgehead atoms. The molecule has 0 radical (unpaired) electrons. The van der Waals surface area contributed by atoms with Gasteiger partial charge in [0.25, 0.3) is 0 Å². The second kappa shape index (κ2) is 5.82. The molecule has 1 rings (SSSR count). The van der Waals surface area contributed by atoms with E-state index >= 15 is 0 Å². The third-order valence-corrected chi connectivity index (χ3v) is 2.07. The Morgan fingerprint density at radius 1 is 1.47 bits per heavy atom. The molecule has 0 fully saturated rings. The molecule has 0 aliphatic rings. The molecule has 0 aliphatic heterocycles. The molecule has 2 N–H and O–H groups in total. The summed E-state index contributed by atoms with van der Waals surface area (Å²) in [6, 6.07) is -0.197. The highest BCUT2D eigenvalue weighted by atomic mass is 16.5. The first kappa shape index (κ1) is 12.1. The predicted molar refractivity (Wildman–Crippen MR) is 56.0 cm³/mol. The Hall–Kier alpha value is -0.940. The molecular weight excluding hydrogens is 194 g/mol. The van der Waals surface area contributed by atoms with Crippen molar-refractivity contribution >= 4 is 0 Å². The maximum atomic E-state index is 5.87. The van der Waals surface area contributed by atoms with E-state index in [-0.39, 0.29) is 12.0 Å². The van der Waals surface area contributed by atoms with Crippen molar-refractivity contribution in [2.24, 2.45) is 11.7 Å². The summed E-state index contributed by atoms with van der Waals surface area (Å²) >= 11 is 0. The quantitative estimate of drug-likeness (QED) is 0.727. The molecule has 1 aromatic heterocycles. The highest BCUT2D eigenvalue weighted by molar-refractivity contribution is 4.91. The van der Waals surface area contributed by atoms with Gasteiger partial charge in [-0.2, -0.15) is 4.98 Å². The number of ether oxygens (including phenoxy) is 1. The average Bonchev–Trinajstić information content (AvgIpc) is 2.65. The van der Waals surface area contributed by atoms with Gasteiger partial charge in [-0.25, -0.2) is 0 Å². The predicted octanol–water partition coefficient (Wildman–Crippen LogP) is 1.65. The van der Waals surface area contributed by atoms with Gasteiger partial charge in [-0.1, -0.05) is 25.9 Å². The first-order chi connectivity index (χ1) is 7.15. The molecule has 0 amide bonds. The van der Waals surface area contributed by atoms with E-state index in [1.54, 1.807) is 0 Å². The van der Waals surface area contributed by atoms with E-state index in [0.717, 1.165) is 6.42 Å². The third kappa shape index (κ3) is 3.60. The second-order valence-electron chi connectivity index (χ2n) is 3.87. The van der Waals surface area contributed by atoms with Gasteiger partial charge >= 0.3 is 0 Å². The zero-order valence-corrected chi connectivity index (χ0v) is 9.56. The SMILES string of the molecule is CCCOCc1noc([C@H](N)C(C)C)n1. The molecule has 0 aliphatic carbocycles. The zero-order chi connectivity index (χ0) is 11.3. The Balaban J connectivity index is 2.48. The Morgan fingerprint density at radius 3 is 2.80 bits per heavy atom. The molecule has 0 aromatic carbocycles. The lowest BCUT2D eigenvalue weighted by molar-refractivity contribution is 0.114. The van der Waals surface area contributed by atoms with E-state index in [1.165, 1.54) is 0 Å². The van der Waals surface area contributed by atoms with Crippen molar-refractivity contribution in [1.82, 2.24) is 10.1 Å². The number of rotatable bonds is 6. The topological polar surface area (TPSA) is 74.2 Å². The molecule has 1 heterocycles. The van der Waals surface area contributed by atoms with Gasteiger partial charge in [0.1, 0.15) is 6.61 Å². The minimum Gasteiger partial charge on any atom is -0.373 e. The summed E-state index contributed by atoms with van der Waals surface area (Å²) in [4.78, 5) is 4.18. The lowest BCUT2D eigenvalue weighted by Crippen LogP contribution is -2.17. The molecule has 1 aromatic rings. The first-order valence-electron chi connectivity index (χ1n) is 5.31. The molecule has 15 heavy (non-hydrogen) atoms. The molecule has 0 saturated heterocycles. The summed E-state index contributed by atoms with van der Waals surface area (Å²) in [5.41, 5.74) is 5.87. The Labute approximate surface area is 90.0 Å². The van der Waals surface area contributed by atoms with Crippen LogP contribution in [0.3, 0.4) is 0 Å². The van der Waals surface area contributed by atoms with Gasteiger partial charge < -0.3 is 15.0 Å². The number of aromatic nitrogens is 2. The van der Waals surface area contributed by atoms with E-state index in [9.17, 15) is 0 Å². The van der Waals surface area contributed by atoms with Crippen LogP contribution in [0, 0.1) is 5.92 Å². The van der Waals surface area contributed by atoms with Gasteiger partial charge in [0.2, 0.25) is 5.89 Å². The van der Waals surface area contributed by atoms with E-state index in [2.05, 4.69) is 17.1 Å². The molecule has 5 heteroatoms. The van der Waals surface area contributed by atoms with Crippen LogP contribution >= 0.6 is 0 Å². The van der Waals surface area contributed by atoms with Crippen LogP contribution in [0.1, 0.15) is 44.9 Å². The summed E-state index contributed by atoms with van der Waals surface area (Å²) in [5.74, 6) is 1.34. The summed E-state index contributed by atoms with van der Waals surface area (Å²) in [7, 11) is 0. The van der Waals surface area contributed by atoms with Crippen molar-refractivity contribution in [2.75, 3.05) is 6.61 Å². The lowest BCUT2D eigenvalue weighted by atomic mass is 10.1. The zero-order valence-electron chi connectivity index (χ0n) is 9.56. The van der Waals surface area contributed by atoms with Crippen molar-refractivity contribution < 1.29 is 9.26 Å². The van der Waals surface area contributed by atoms with Crippen LogP contribution in [-0.2, 0) is 11.3 Å². The maximum absolute atomic E-state index is 5.87. The van der Waals surface area contributed by atoms with Crippen LogP contribution in [0.5, 0.6) is 0 Å². The Bertz CT molecular complexity index is 286. The monoisotopic (exact) mass is 213 g/mol. The van der Waals surface area contributed by atoms with E-state index in [0.29, 0.717) is 24.9 Å². The van der Waals surface area contributed by atoms with Crippen molar-refractivity contribution in [3.05, 3.63) is 11.7 Å². The largest absolute Gasteiger partial charge is 0.373 e. The minimum absolute atomic E-state index is 0.197. The van der Waals surface area contributed by atoms with Crippen LogP contribution in [0.15, 0.2) is 4.52 Å². The Kier molecular flexibility index (Phi) is 4.71. The Morgan fingerprint density at radius 2 is 2.20 bits per heavy atom. The molecular formula is C10H19N3O2. The van der Waals surface area contributed by atoms with Gasteiger partial charge in [0, 0.05) is 6.61 Å². The van der Waals surface area contributed by atoms with Gasteiger partial charge in [-0.15, -0.1) is 0 Å². The molecule has 86 valence electrons. The third-order valence-electron chi connectivity index (χ3n) is 2.07. The van der Waals surface area contributed by atoms with Crippen molar-refractivity contribution in [3.63, 3.8) is 0 Å². The highest BCUT2D eigenvalue weighted by Gasteiger charge is 2.17. The summed E-state index contributed by atoms with van der Waals surface area (Å²) < 4.78 is 10.3. The number of nitrogens with zero attached hydrogens (tertiary/aromatic N) is 2. The fourth-order valence-corrected chi connectivity index (χ4v) is 1.05. The highest BCUT2D eigenvalue weighted by Crippen LogP contribution is 2.16. The van der Waals surface area contributed by atoms with Gasteiger partial charge in [-0.3, -0.25) is 0 Å². The van der Waals surface area contributed by atoms with Crippen LogP contribution in [-0.4, -0.2) is 16.7 Å². The number of hydrogen-bond donors (Lipinski definition) is 1. The van der Waals surface area contributed by atoms with Crippen LogP contribution < -0.4 is 5.73 Å². The summed E-state index contributed by atoms with van der Waals surface area (Å²) in [6.45, 7) is 7.18. The second-order valence-corrected chi connectivity index (χ2v) is 3.87. The van der Waals surface area contributed by atoms with Gasteiger partial charge in [0.15, 0.2) is 5.82 Å². The van der Waals surface area contributed by atoms with Crippen LogP contribution in [0.4, 0.5) is 0 Å². The fraction of sp³-hybridized carbons (Fsp3) is 0.800. The smallest absolute Gasteiger partial charge is 0.243 e. The van der Waals surface area contributed by atoms with Crippen molar-refractivity contribution in [1.29, 1.82) is 0 Å².